The molecule has 0 aliphatic rings. The van der Waals surface area contributed by atoms with Gasteiger partial charge in [-0.25, -0.2) is 0 Å². The minimum absolute atomic E-state index is 0.362. The Kier molecular flexibility index (Phi) is 9.64. The van der Waals surface area contributed by atoms with Crippen LogP contribution in [0.2, 0.25) is 0 Å². The lowest BCUT2D eigenvalue weighted by Crippen LogP contribution is -2.07. The minimum atomic E-state index is 0.362. The second-order valence-corrected chi connectivity index (χ2v) is 9.09. The quantitative estimate of drug-likeness (QED) is 0.288. The molecule has 1 rings (SSSR count). The first-order valence-electron chi connectivity index (χ1n) is 7.87. The summed E-state index contributed by atoms with van der Waals surface area (Å²) in [5.74, 6) is 3.20. The largest absolute Gasteiger partial charge is 0.493 e. The highest BCUT2D eigenvalue weighted by atomic mass is 79.9. The molecule has 0 radical (unpaired) electrons. The molecule has 1 aromatic carbocycles. The first-order valence-corrected chi connectivity index (χ1v) is 9.99. The lowest BCUT2D eigenvalue weighted by atomic mass is 9.93. The maximum absolute atomic E-state index is 6.06. The molecular weight excluding hydrogens is 443 g/mol. The van der Waals surface area contributed by atoms with E-state index in [0.29, 0.717) is 30.9 Å². The molecule has 2 nitrogen and oxygen atoms in total. The Labute approximate surface area is 161 Å². The van der Waals surface area contributed by atoms with Gasteiger partial charge in [0.15, 0.2) is 0 Å². The Morgan fingerprint density at radius 2 is 1.65 bits per heavy atom. The molecule has 0 aliphatic heterocycles. The molecule has 23 heavy (non-hydrogen) atoms. The third-order valence-electron chi connectivity index (χ3n) is 3.38. The maximum Gasteiger partial charge on any atom is 0.126 e. The van der Waals surface area contributed by atoms with Gasteiger partial charge >= 0.3 is 0 Å². The molecule has 5 heteroatoms. The van der Waals surface area contributed by atoms with E-state index in [2.05, 4.69) is 71.7 Å². The SMILES string of the molecule is CC(C)c1cc(OCC=C(Br)Br)cc(C(C)C)c1OCCCCl. The topological polar surface area (TPSA) is 18.5 Å². The number of rotatable bonds is 9. The van der Waals surface area contributed by atoms with Gasteiger partial charge in [0, 0.05) is 17.0 Å². The van der Waals surface area contributed by atoms with E-state index in [-0.39, 0.29) is 0 Å². The average Bonchev–Trinajstić information content (AvgIpc) is 2.47. The van der Waals surface area contributed by atoms with E-state index in [9.17, 15) is 0 Å². The summed E-state index contributed by atoms with van der Waals surface area (Å²) in [7, 11) is 0. The predicted octanol–water partition coefficient (Wildman–Crippen LogP) is 6.95. The van der Waals surface area contributed by atoms with Crippen LogP contribution >= 0.6 is 43.5 Å². The highest BCUT2D eigenvalue weighted by Gasteiger charge is 2.18. The van der Waals surface area contributed by atoms with E-state index in [1.54, 1.807) is 0 Å². The molecule has 0 fully saturated rings. The normalized spacial score (nSPS) is 11.0. The molecule has 0 atom stereocenters. The van der Waals surface area contributed by atoms with Crippen molar-refractivity contribution in [3.63, 3.8) is 0 Å². The average molecular weight is 469 g/mol. The van der Waals surface area contributed by atoms with E-state index in [1.807, 2.05) is 6.08 Å². The van der Waals surface area contributed by atoms with Crippen molar-refractivity contribution < 1.29 is 9.47 Å². The number of hydrogen-bond acceptors (Lipinski definition) is 2. The highest BCUT2D eigenvalue weighted by Crippen LogP contribution is 2.38. The molecule has 0 amide bonds. The minimum Gasteiger partial charge on any atom is -0.493 e. The van der Waals surface area contributed by atoms with Gasteiger partial charge in [-0.2, -0.15) is 0 Å². The molecule has 0 saturated heterocycles. The number of halogens is 3. The van der Waals surface area contributed by atoms with Gasteiger partial charge in [0.05, 0.1) is 10.00 Å². The maximum atomic E-state index is 6.06. The Bertz CT molecular complexity index is 495. The smallest absolute Gasteiger partial charge is 0.126 e. The molecule has 0 spiro atoms. The molecule has 0 N–H and O–H groups in total. The number of hydrogen-bond donors (Lipinski definition) is 0. The van der Waals surface area contributed by atoms with Crippen LogP contribution in [0.15, 0.2) is 21.6 Å². The van der Waals surface area contributed by atoms with Gasteiger partial charge < -0.3 is 9.47 Å². The summed E-state index contributed by atoms with van der Waals surface area (Å²) < 4.78 is 12.8. The molecule has 0 saturated carbocycles. The van der Waals surface area contributed by atoms with Crippen molar-refractivity contribution in [2.45, 2.75) is 46.0 Å². The summed E-state index contributed by atoms with van der Waals surface area (Å²) in [6.07, 6.45) is 2.77. The number of ether oxygens (including phenoxy) is 2. The summed E-state index contributed by atoms with van der Waals surface area (Å²) in [6, 6.07) is 4.17. The van der Waals surface area contributed by atoms with E-state index in [1.165, 1.54) is 11.1 Å². The fraction of sp³-hybridized carbons (Fsp3) is 0.556. The molecular formula is C18H25Br2ClO2. The third-order valence-corrected chi connectivity index (χ3v) is 4.29. The molecule has 130 valence electrons. The number of benzene rings is 1. The molecule has 0 aromatic heterocycles. The van der Waals surface area contributed by atoms with Crippen molar-refractivity contribution >= 4 is 43.5 Å². The second kappa shape index (κ2) is 10.6. The summed E-state index contributed by atoms with van der Waals surface area (Å²) in [4.78, 5) is 0. The summed E-state index contributed by atoms with van der Waals surface area (Å²) >= 11 is 12.4. The first-order chi connectivity index (χ1) is 10.9. The zero-order valence-electron chi connectivity index (χ0n) is 14.2. The van der Waals surface area contributed by atoms with Crippen LogP contribution in [0.3, 0.4) is 0 Å². The standard InChI is InChI=1S/C18H25Br2ClO2/c1-12(2)15-10-14(22-9-6-17(19)20)11-16(13(3)4)18(15)23-8-5-7-21/h6,10-13H,5,7-9H2,1-4H3. The lowest BCUT2D eigenvalue weighted by Gasteiger charge is -2.21. The van der Waals surface area contributed by atoms with Crippen molar-refractivity contribution in [1.29, 1.82) is 0 Å². The molecule has 0 bridgehead atoms. The van der Waals surface area contributed by atoms with Gasteiger partial charge in [-0.3, -0.25) is 0 Å². The first kappa shape index (κ1) is 20.9. The van der Waals surface area contributed by atoms with E-state index in [0.717, 1.165) is 21.3 Å². The fourth-order valence-electron chi connectivity index (χ4n) is 2.18. The predicted molar refractivity (Wildman–Crippen MR) is 107 cm³/mol. The van der Waals surface area contributed by atoms with Gasteiger partial charge in [-0.15, -0.1) is 11.6 Å². The van der Waals surface area contributed by atoms with Gasteiger partial charge in [0.2, 0.25) is 0 Å². The number of alkyl halides is 1. The lowest BCUT2D eigenvalue weighted by molar-refractivity contribution is 0.307. The van der Waals surface area contributed by atoms with E-state index >= 15 is 0 Å². The summed E-state index contributed by atoms with van der Waals surface area (Å²) in [6.45, 7) is 9.84. The van der Waals surface area contributed by atoms with Gasteiger partial charge in [-0.05, 0) is 68.3 Å². The van der Waals surface area contributed by atoms with Crippen LogP contribution in [-0.2, 0) is 0 Å². The zero-order chi connectivity index (χ0) is 17.4. The van der Waals surface area contributed by atoms with Crippen LogP contribution in [0.4, 0.5) is 0 Å². The summed E-state index contributed by atoms with van der Waals surface area (Å²) in [5, 5.41) is 0. The Hall–Kier alpha value is -0.190. The zero-order valence-corrected chi connectivity index (χ0v) is 18.1. The van der Waals surface area contributed by atoms with Crippen LogP contribution < -0.4 is 9.47 Å². The Morgan fingerprint density at radius 3 is 2.09 bits per heavy atom. The second-order valence-electron chi connectivity index (χ2n) is 5.94. The van der Waals surface area contributed by atoms with Gasteiger partial charge in [0.1, 0.15) is 18.1 Å². The van der Waals surface area contributed by atoms with Crippen LogP contribution in [0, 0.1) is 0 Å². The molecule has 0 heterocycles. The van der Waals surface area contributed by atoms with Crippen molar-refractivity contribution in [1.82, 2.24) is 0 Å². The monoisotopic (exact) mass is 466 g/mol. The molecule has 0 aliphatic carbocycles. The third kappa shape index (κ3) is 7.06. The fourth-order valence-corrected chi connectivity index (χ4v) is 2.56. The molecule has 1 aromatic rings. The van der Waals surface area contributed by atoms with E-state index in [4.69, 9.17) is 21.1 Å². The Balaban J connectivity index is 3.14. The van der Waals surface area contributed by atoms with Crippen LogP contribution in [0.1, 0.15) is 57.1 Å². The van der Waals surface area contributed by atoms with Crippen LogP contribution in [0.25, 0.3) is 0 Å². The van der Waals surface area contributed by atoms with Gasteiger partial charge in [-0.1, -0.05) is 27.7 Å². The van der Waals surface area contributed by atoms with E-state index < -0.39 is 0 Å². The highest BCUT2D eigenvalue weighted by molar-refractivity contribution is 9.28. The molecule has 0 unspecified atom stereocenters. The van der Waals surface area contributed by atoms with Crippen LogP contribution in [0.5, 0.6) is 11.5 Å². The van der Waals surface area contributed by atoms with Gasteiger partial charge in [0.25, 0.3) is 0 Å². The van der Waals surface area contributed by atoms with Crippen LogP contribution in [-0.4, -0.2) is 19.1 Å². The van der Waals surface area contributed by atoms with Crippen molar-refractivity contribution in [2.24, 2.45) is 0 Å². The van der Waals surface area contributed by atoms with Crippen molar-refractivity contribution in [3.05, 3.63) is 32.7 Å². The van der Waals surface area contributed by atoms with Crippen molar-refractivity contribution in [3.8, 4) is 11.5 Å². The summed E-state index contributed by atoms with van der Waals surface area (Å²) in [5.41, 5.74) is 2.37. The van der Waals surface area contributed by atoms with Crippen molar-refractivity contribution in [2.75, 3.05) is 19.1 Å². The Morgan fingerprint density at radius 1 is 1.09 bits per heavy atom.